The lowest BCUT2D eigenvalue weighted by Gasteiger charge is -2.20. The van der Waals surface area contributed by atoms with Crippen molar-refractivity contribution in [3.8, 4) is 17.2 Å². The summed E-state index contributed by atoms with van der Waals surface area (Å²) in [4.78, 5) is 12.7. The molecule has 0 heterocycles. The molecule has 0 aliphatic heterocycles. The lowest BCUT2D eigenvalue weighted by atomic mass is 9.94. The molecule has 4 rings (SSSR count). The molecule has 0 aromatic heterocycles. The van der Waals surface area contributed by atoms with Gasteiger partial charge in [0.05, 0.1) is 6.21 Å². The van der Waals surface area contributed by atoms with Gasteiger partial charge in [-0.3, -0.25) is 4.79 Å². The predicted molar refractivity (Wildman–Crippen MR) is 208 cm³/mol. The molecule has 49 heavy (non-hydrogen) atoms. The monoisotopic (exact) mass is 790 g/mol. The summed E-state index contributed by atoms with van der Waals surface area (Å²) in [5, 5.41) is 4.26. The van der Waals surface area contributed by atoms with Gasteiger partial charge in [0, 0.05) is 20.6 Å². The Morgan fingerprint density at radius 2 is 1.22 bits per heavy atom. The van der Waals surface area contributed by atoms with Crippen molar-refractivity contribution < 1.29 is 19.0 Å². The van der Waals surface area contributed by atoms with Crippen LogP contribution in [0.3, 0.4) is 0 Å². The first-order valence-corrected chi connectivity index (χ1v) is 18.1. The summed E-state index contributed by atoms with van der Waals surface area (Å²) >= 11 is 7.49. The van der Waals surface area contributed by atoms with Crippen molar-refractivity contribution in [2.24, 2.45) is 5.10 Å². The van der Waals surface area contributed by atoms with Crippen LogP contribution in [0.2, 0.25) is 0 Å². The molecule has 0 aliphatic rings. The van der Waals surface area contributed by atoms with E-state index in [0.29, 0.717) is 36.0 Å². The molecule has 4 aromatic rings. The number of carbonyl (C=O) groups excluding carboxylic acids is 1. The molecule has 8 heteroatoms. The van der Waals surface area contributed by atoms with Crippen LogP contribution in [0.15, 0.2) is 50.4 Å². The van der Waals surface area contributed by atoms with Crippen molar-refractivity contribution in [3.63, 3.8) is 0 Å². The fraction of sp³-hybridized carbons (Fsp3) is 0.366. The van der Waals surface area contributed by atoms with Gasteiger partial charge in [-0.1, -0.05) is 57.8 Å². The minimum Gasteiger partial charge on any atom is -0.489 e. The summed E-state index contributed by atoms with van der Waals surface area (Å²) < 4.78 is 21.0. The van der Waals surface area contributed by atoms with Gasteiger partial charge >= 0.3 is 0 Å². The number of hydrogen-bond donors (Lipinski definition) is 1. The van der Waals surface area contributed by atoms with Crippen LogP contribution in [0.25, 0.3) is 0 Å². The third kappa shape index (κ3) is 8.76. The molecule has 0 fully saturated rings. The van der Waals surface area contributed by atoms with Gasteiger partial charge < -0.3 is 14.2 Å². The Morgan fingerprint density at radius 1 is 0.694 bits per heavy atom. The molecule has 1 N–H and O–H groups in total. The number of ether oxygens (including phenoxy) is 3. The minimum atomic E-state index is -0.354. The fourth-order valence-corrected chi connectivity index (χ4v) is 7.05. The van der Waals surface area contributed by atoms with E-state index in [2.05, 4.69) is 118 Å². The van der Waals surface area contributed by atoms with E-state index in [1.807, 2.05) is 37.3 Å². The molecule has 0 radical (unpaired) electrons. The summed E-state index contributed by atoms with van der Waals surface area (Å²) in [6.07, 6.45) is 1.59. The van der Waals surface area contributed by atoms with Gasteiger partial charge in [-0.05, 0) is 153 Å². The van der Waals surface area contributed by atoms with Crippen LogP contribution in [0.5, 0.6) is 17.2 Å². The maximum absolute atomic E-state index is 12.7. The van der Waals surface area contributed by atoms with E-state index in [9.17, 15) is 4.79 Å². The number of hydrogen-bond acceptors (Lipinski definition) is 5. The average molecular weight is 793 g/mol. The Kier molecular flexibility index (Phi) is 12.8. The van der Waals surface area contributed by atoms with Gasteiger partial charge in [0.1, 0.15) is 30.5 Å². The third-order valence-electron chi connectivity index (χ3n) is 9.66. The molecule has 6 nitrogen and oxygen atoms in total. The van der Waals surface area contributed by atoms with Crippen LogP contribution >= 0.6 is 31.9 Å². The molecule has 0 saturated heterocycles. The van der Waals surface area contributed by atoms with Crippen molar-refractivity contribution in [3.05, 3.63) is 118 Å². The fourth-order valence-electron chi connectivity index (χ4n) is 5.86. The molecular weight excluding hydrogens is 744 g/mol. The van der Waals surface area contributed by atoms with E-state index in [-0.39, 0.29) is 18.4 Å². The lowest BCUT2D eigenvalue weighted by Crippen LogP contribution is -2.25. The van der Waals surface area contributed by atoms with Gasteiger partial charge in [-0.2, -0.15) is 5.10 Å². The lowest BCUT2D eigenvalue weighted by molar-refractivity contribution is -0.123. The van der Waals surface area contributed by atoms with Crippen molar-refractivity contribution in [2.75, 3.05) is 6.61 Å². The van der Waals surface area contributed by atoms with E-state index >= 15 is 0 Å². The molecule has 0 spiro atoms. The van der Waals surface area contributed by atoms with Crippen molar-refractivity contribution >= 4 is 44.0 Å². The number of nitrogens with one attached hydrogen (secondary N) is 1. The van der Waals surface area contributed by atoms with Crippen LogP contribution < -0.4 is 19.6 Å². The highest BCUT2D eigenvalue weighted by molar-refractivity contribution is 9.10. The molecular formula is C41H48Br2N2O4. The number of halogens is 2. The van der Waals surface area contributed by atoms with Crippen LogP contribution in [-0.4, -0.2) is 18.7 Å². The Labute approximate surface area is 308 Å². The third-order valence-corrected chi connectivity index (χ3v) is 12.0. The number of amides is 1. The van der Waals surface area contributed by atoms with E-state index < -0.39 is 0 Å². The SMILES string of the molecule is Cc1ccc(C(C)C)c(OCC(=O)N/N=C/c2ccc(OCc3c(C)c(C)c(Br)c(C)c3C)cc2OCc2c(C)c(C)c(Br)c(C)c2C)c1. The Balaban J connectivity index is 1.57. The Bertz CT molecular complexity index is 1850. The smallest absolute Gasteiger partial charge is 0.277 e. The van der Waals surface area contributed by atoms with Crippen LogP contribution in [0.1, 0.15) is 92.1 Å². The second kappa shape index (κ2) is 16.4. The number of aryl methyl sites for hydroxylation is 1. The molecule has 0 bridgehead atoms. The molecule has 0 atom stereocenters. The molecule has 1 amide bonds. The van der Waals surface area contributed by atoms with E-state index in [1.54, 1.807) is 6.21 Å². The van der Waals surface area contributed by atoms with Gasteiger partial charge in [0.2, 0.25) is 0 Å². The van der Waals surface area contributed by atoms with Crippen molar-refractivity contribution in [2.45, 2.75) is 95.3 Å². The highest BCUT2D eigenvalue weighted by Gasteiger charge is 2.17. The number of hydrazone groups is 1. The van der Waals surface area contributed by atoms with Gasteiger partial charge in [0.25, 0.3) is 5.91 Å². The second-order valence-corrected chi connectivity index (χ2v) is 14.7. The van der Waals surface area contributed by atoms with E-state index in [4.69, 9.17) is 14.2 Å². The first-order valence-electron chi connectivity index (χ1n) is 16.6. The highest BCUT2D eigenvalue weighted by atomic mass is 79.9. The summed E-state index contributed by atoms with van der Waals surface area (Å²) in [6, 6.07) is 11.7. The van der Waals surface area contributed by atoms with Crippen LogP contribution in [-0.2, 0) is 18.0 Å². The van der Waals surface area contributed by atoms with Gasteiger partial charge in [0.15, 0.2) is 6.61 Å². The van der Waals surface area contributed by atoms with Gasteiger partial charge in [-0.25, -0.2) is 5.43 Å². The molecule has 4 aromatic carbocycles. The quantitative estimate of drug-likeness (QED) is 0.115. The maximum Gasteiger partial charge on any atom is 0.277 e. The zero-order valence-corrected chi connectivity index (χ0v) is 33.7. The van der Waals surface area contributed by atoms with Crippen molar-refractivity contribution in [1.82, 2.24) is 5.43 Å². The molecule has 0 saturated carbocycles. The first-order chi connectivity index (χ1) is 23.1. The second-order valence-electron chi connectivity index (χ2n) is 13.1. The number of rotatable bonds is 12. The van der Waals surface area contributed by atoms with Crippen molar-refractivity contribution in [1.29, 1.82) is 0 Å². The molecule has 0 aliphatic carbocycles. The topological polar surface area (TPSA) is 69.2 Å². The van der Waals surface area contributed by atoms with E-state index in [1.165, 1.54) is 50.1 Å². The van der Waals surface area contributed by atoms with Crippen LogP contribution in [0, 0.1) is 62.3 Å². The van der Waals surface area contributed by atoms with Crippen LogP contribution in [0.4, 0.5) is 0 Å². The first kappa shape index (κ1) is 38.2. The largest absolute Gasteiger partial charge is 0.489 e. The molecule has 0 unspecified atom stereocenters. The summed E-state index contributed by atoms with van der Waals surface area (Å²) in [7, 11) is 0. The summed E-state index contributed by atoms with van der Waals surface area (Å²) in [6.45, 7) is 23.9. The standard InChI is InChI=1S/C41H48Br2N2O4/c1-22(2)34-15-12-23(3)16-38(34)49-21-39(46)45-44-18-32-13-14-33(47-19-35-24(4)28(8)40(42)29(9)25(35)5)17-37(32)48-20-36-26(6)30(10)41(43)31(11)27(36)7/h12-18,22H,19-21H2,1-11H3,(H,45,46)/b44-18+. The molecule has 260 valence electrons. The summed E-state index contributed by atoms with van der Waals surface area (Å²) in [5.74, 6) is 1.91. The average Bonchev–Trinajstić information content (AvgIpc) is 3.07. The predicted octanol–water partition coefficient (Wildman–Crippen LogP) is 10.8. The zero-order chi connectivity index (χ0) is 36.2. The highest BCUT2D eigenvalue weighted by Crippen LogP contribution is 2.34. The maximum atomic E-state index is 12.7. The minimum absolute atomic E-state index is 0.148. The Hall–Kier alpha value is -3.62. The zero-order valence-electron chi connectivity index (χ0n) is 30.6. The summed E-state index contributed by atoms with van der Waals surface area (Å²) in [5.41, 5.74) is 17.4. The normalized spacial score (nSPS) is 11.4. The van der Waals surface area contributed by atoms with Gasteiger partial charge in [-0.15, -0.1) is 0 Å². The number of carbonyl (C=O) groups is 1. The van der Waals surface area contributed by atoms with E-state index in [0.717, 1.165) is 25.6 Å². The number of nitrogens with zero attached hydrogens (tertiary/aromatic N) is 1. The Morgan fingerprint density at radius 3 is 1.76 bits per heavy atom. The number of benzene rings is 4.